The Morgan fingerprint density at radius 2 is 1.33 bits per heavy atom. The van der Waals surface area contributed by atoms with Crippen molar-refractivity contribution in [1.82, 2.24) is 0 Å². The normalized spacial score (nSPS) is 27.6. The predicted molar refractivity (Wildman–Crippen MR) is 77.1 cm³/mol. The van der Waals surface area contributed by atoms with Gasteiger partial charge in [0.2, 0.25) is 0 Å². The van der Waals surface area contributed by atoms with Crippen molar-refractivity contribution in [2.24, 2.45) is 5.92 Å². The molecular weight excluding hydrogens is 235 g/mol. The summed E-state index contributed by atoms with van der Waals surface area (Å²) in [6.07, 6.45) is 0. The lowest BCUT2D eigenvalue weighted by molar-refractivity contribution is 0.379. The van der Waals surface area contributed by atoms with Gasteiger partial charge in [0.1, 0.15) is 5.85 Å². The predicted octanol–water partition coefficient (Wildman–Crippen LogP) is 4.52. The molecule has 1 heterocycles. The molecule has 0 spiro atoms. The summed E-state index contributed by atoms with van der Waals surface area (Å²) in [4.78, 5) is 0.979. The SMILES string of the molecule is CC(C)C1OP1C([Si](C)(C)C)[Si](C)(C)C. The van der Waals surface area contributed by atoms with Crippen molar-refractivity contribution in [1.29, 1.82) is 0 Å². The Morgan fingerprint density at radius 3 is 1.53 bits per heavy atom. The van der Waals surface area contributed by atoms with Gasteiger partial charge in [0, 0.05) is 0 Å². The molecule has 15 heavy (non-hydrogen) atoms. The molecule has 4 heteroatoms. The quantitative estimate of drug-likeness (QED) is 0.412. The van der Waals surface area contributed by atoms with E-state index in [2.05, 4.69) is 53.1 Å². The highest BCUT2D eigenvalue weighted by Crippen LogP contribution is 2.70. The minimum Gasteiger partial charge on any atom is -0.347 e. The van der Waals surface area contributed by atoms with Gasteiger partial charge in [0.05, 0.1) is 24.3 Å². The van der Waals surface area contributed by atoms with Crippen LogP contribution in [0.2, 0.25) is 39.3 Å². The Balaban J connectivity index is 2.78. The van der Waals surface area contributed by atoms with Crippen LogP contribution in [0.25, 0.3) is 0 Å². The first-order chi connectivity index (χ1) is 6.55. The summed E-state index contributed by atoms with van der Waals surface area (Å²) in [6, 6.07) is 0. The largest absolute Gasteiger partial charge is 0.347 e. The van der Waals surface area contributed by atoms with E-state index in [1.165, 1.54) is 0 Å². The minimum atomic E-state index is -1.04. The van der Waals surface area contributed by atoms with Crippen molar-refractivity contribution in [3.63, 3.8) is 0 Å². The standard InChI is InChI=1S/C11H27OPSi2/c1-9(2)10-12-13(10)11(14(3,4)5)15(6,7)8/h9-11H,1-8H3. The van der Waals surface area contributed by atoms with Gasteiger partial charge in [-0.3, -0.25) is 0 Å². The highest BCUT2D eigenvalue weighted by atomic mass is 31.2. The number of hydrogen-bond acceptors (Lipinski definition) is 1. The fourth-order valence-electron chi connectivity index (χ4n) is 2.78. The average Bonchev–Trinajstić information content (AvgIpc) is 2.59. The lowest BCUT2D eigenvalue weighted by Crippen LogP contribution is -2.51. The minimum absolute atomic E-state index is 0.0694. The molecule has 1 aliphatic heterocycles. The van der Waals surface area contributed by atoms with E-state index in [4.69, 9.17) is 4.52 Å². The Morgan fingerprint density at radius 1 is 0.933 bits per heavy atom. The van der Waals surface area contributed by atoms with E-state index in [9.17, 15) is 0 Å². The molecule has 1 nitrogen and oxygen atoms in total. The van der Waals surface area contributed by atoms with E-state index in [1.54, 1.807) is 0 Å². The summed E-state index contributed by atoms with van der Waals surface area (Å²) < 4.78 is 6.03. The fraction of sp³-hybridized carbons (Fsp3) is 1.00. The monoisotopic (exact) mass is 262 g/mol. The Kier molecular flexibility index (Phi) is 3.93. The molecule has 0 amide bonds. The third-order valence-corrected chi connectivity index (χ3v) is 19.5. The molecule has 1 aliphatic rings. The van der Waals surface area contributed by atoms with Crippen LogP contribution >= 0.6 is 8.15 Å². The lowest BCUT2D eigenvalue weighted by Gasteiger charge is -2.37. The van der Waals surface area contributed by atoms with Gasteiger partial charge in [0.15, 0.2) is 0 Å². The number of rotatable bonds is 4. The van der Waals surface area contributed by atoms with Crippen molar-refractivity contribution in [2.75, 3.05) is 0 Å². The molecule has 0 aromatic heterocycles. The maximum Gasteiger partial charge on any atom is 0.108 e. The van der Waals surface area contributed by atoms with E-state index < -0.39 is 16.1 Å². The second kappa shape index (κ2) is 4.25. The average molecular weight is 262 g/mol. The summed E-state index contributed by atoms with van der Waals surface area (Å²) in [5, 5.41) is 0. The van der Waals surface area contributed by atoms with Gasteiger partial charge >= 0.3 is 0 Å². The van der Waals surface area contributed by atoms with Crippen LogP contribution in [0.5, 0.6) is 0 Å². The maximum atomic E-state index is 6.03. The van der Waals surface area contributed by atoms with Crippen molar-refractivity contribution in [3.05, 3.63) is 0 Å². The molecule has 0 N–H and O–H groups in total. The van der Waals surface area contributed by atoms with Crippen LogP contribution in [-0.2, 0) is 4.52 Å². The zero-order valence-electron chi connectivity index (χ0n) is 11.6. The lowest BCUT2D eigenvalue weighted by atomic mass is 10.2. The third-order valence-electron chi connectivity index (χ3n) is 2.90. The molecule has 0 saturated carbocycles. The van der Waals surface area contributed by atoms with E-state index >= 15 is 0 Å². The molecule has 1 fully saturated rings. The smallest absolute Gasteiger partial charge is 0.108 e. The van der Waals surface area contributed by atoms with E-state index in [0.717, 1.165) is 10.8 Å². The fourth-order valence-corrected chi connectivity index (χ4v) is 22.1. The Labute approximate surface area is 98.8 Å². The molecule has 2 unspecified atom stereocenters. The molecule has 0 aromatic carbocycles. The van der Waals surface area contributed by atoms with Crippen molar-refractivity contribution >= 4 is 24.3 Å². The van der Waals surface area contributed by atoms with E-state index in [1.807, 2.05) is 0 Å². The van der Waals surface area contributed by atoms with E-state index in [-0.39, 0.29) is 8.15 Å². The van der Waals surface area contributed by atoms with Crippen LogP contribution in [0.3, 0.4) is 0 Å². The topological polar surface area (TPSA) is 12.5 Å². The molecular formula is C11H27OPSi2. The molecule has 90 valence electrons. The second-order valence-electron chi connectivity index (χ2n) is 7.23. The van der Waals surface area contributed by atoms with Gasteiger partial charge in [-0.2, -0.15) is 0 Å². The van der Waals surface area contributed by atoms with E-state index in [0.29, 0.717) is 5.85 Å². The summed E-state index contributed by atoms with van der Waals surface area (Å²) in [5.41, 5.74) is 0. The Hall–Kier alpha value is 0.824. The van der Waals surface area contributed by atoms with Crippen LogP contribution in [0, 0.1) is 5.92 Å². The molecule has 1 saturated heterocycles. The molecule has 0 bridgehead atoms. The van der Waals surface area contributed by atoms with Crippen LogP contribution in [0.4, 0.5) is 0 Å². The first-order valence-electron chi connectivity index (χ1n) is 6.00. The number of hydrogen-bond donors (Lipinski definition) is 0. The van der Waals surface area contributed by atoms with Gasteiger partial charge < -0.3 is 4.52 Å². The first-order valence-corrected chi connectivity index (χ1v) is 14.6. The van der Waals surface area contributed by atoms with Gasteiger partial charge in [0.25, 0.3) is 0 Å². The summed E-state index contributed by atoms with van der Waals surface area (Å²) >= 11 is 0. The highest BCUT2D eigenvalue weighted by molar-refractivity contribution is 7.66. The highest BCUT2D eigenvalue weighted by Gasteiger charge is 2.55. The van der Waals surface area contributed by atoms with Gasteiger partial charge in [-0.05, 0) is 10.8 Å². The van der Waals surface area contributed by atoms with Crippen LogP contribution in [-0.4, -0.2) is 26.9 Å². The summed E-state index contributed by atoms with van der Waals surface area (Å²) in [7, 11) is -2.16. The molecule has 1 rings (SSSR count). The molecule has 0 aliphatic carbocycles. The second-order valence-corrected chi connectivity index (χ2v) is 21.4. The van der Waals surface area contributed by atoms with Crippen molar-refractivity contribution < 1.29 is 4.52 Å². The van der Waals surface area contributed by atoms with Gasteiger partial charge in [-0.25, -0.2) is 0 Å². The maximum absolute atomic E-state index is 6.03. The zero-order valence-corrected chi connectivity index (χ0v) is 14.5. The van der Waals surface area contributed by atoms with Gasteiger partial charge in [-0.15, -0.1) is 0 Å². The molecule has 2 atom stereocenters. The zero-order chi connectivity index (χ0) is 12.0. The van der Waals surface area contributed by atoms with Gasteiger partial charge in [-0.1, -0.05) is 53.1 Å². The Bertz CT molecular complexity index is 216. The first kappa shape index (κ1) is 13.9. The van der Waals surface area contributed by atoms with Crippen molar-refractivity contribution in [2.45, 2.75) is 63.9 Å². The van der Waals surface area contributed by atoms with Crippen molar-refractivity contribution in [3.8, 4) is 0 Å². The summed E-state index contributed by atoms with van der Waals surface area (Å²) in [5.74, 6) is 1.36. The molecule has 0 radical (unpaired) electrons. The van der Waals surface area contributed by atoms with Crippen LogP contribution in [0.15, 0.2) is 0 Å². The summed E-state index contributed by atoms with van der Waals surface area (Å²) in [6.45, 7) is 19.8. The molecule has 0 aromatic rings. The third kappa shape index (κ3) is 3.39. The van der Waals surface area contributed by atoms with Crippen LogP contribution < -0.4 is 0 Å². The van der Waals surface area contributed by atoms with Crippen LogP contribution in [0.1, 0.15) is 13.8 Å².